The molecule has 0 bridgehead atoms. The van der Waals surface area contributed by atoms with Crippen molar-refractivity contribution < 1.29 is 10.2 Å². The van der Waals surface area contributed by atoms with Crippen LogP contribution in [0.4, 0.5) is 11.6 Å². The number of benzene rings is 1. The minimum absolute atomic E-state index is 0.148. The summed E-state index contributed by atoms with van der Waals surface area (Å²) >= 11 is 0. The highest BCUT2D eigenvalue weighted by Crippen LogP contribution is 2.34. The number of hydrogen-bond acceptors (Lipinski definition) is 6. The SMILES string of the molecule is OCC1CCCN(c2cc(N[C@H]3c4ccccc4C[C@H]3O)ncn2)C1. The van der Waals surface area contributed by atoms with Crippen molar-refractivity contribution in [2.45, 2.75) is 31.4 Å². The molecule has 1 aromatic heterocycles. The van der Waals surface area contributed by atoms with E-state index in [1.54, 1.807) is 6.33 Å². The molecule has 6 heteroatoms. The predicted octanol–water partition coefficient (Wildman–Crippen LogP) is 1.76. The number of anilines is 2. The smallest absolute Gasteiger partial charge is 0.134 e. The van der Waals surface area contributed by atoms with Crippen LogP contribution in [0.3, 0.4) is 0 Å². The highest BCUT2D eigenvalue weighted by molar-refractivity contribution is 5.51. The minimum Gasteiger partial charge on any atom is -0.396 e. The van der Waals surface area contributed by atoms with Crippen molar-refractivity contribution in [1.82, 2.24) is 9.97 Å². The average molecular weight is 340 g/mol. The van der Waals surface area contributed by atoms with Gasteiger partial charge < -0.3 is 20.4 Å². The van der Waals surface area contributed by atoms with Gasteiger partial charge in [-0.25, -0.2) is 9.97 Å². The fourth-order valence-electron chi connectivity index (χ4n) is 3.93. The van der Waals surface area contributed by atoms with Crippen LogP contribution in [-0.4, -0.2) is 46.0 Å². The van der Waals surface area contributed by atoms with Crippen LogP contribution >= 0.6 is 0 Å². The van der Waals surface area contributed by atoms with E-state index in [1.165, 1.54) is 5.56 Å². The van der Waals surface area contributed by atoms with Crippen LogP contribution in [0.25, 0.3) is 0 Å². The van der Waals surface area contributed by atoms with Crippen molar-refractivity contribution in [2.24, 2.45) is 5.92 Å². The lowest BCUT2D eigenvalue weighted by Crippen LogP contribution is -2.37. The Morgan fingerprint density at radius 2 is 2.12 bits per heavy atom. The van der Waals surface area contributed by atoms with Gasteiger partial charge in [0.15, 0.2) is 0 Å². The fourth-order valence-corrected chi connectivity index (χ4v) is 3.93. The van der Waals surface area contributed by atoms with Crippen LogP contribution in [-0.2, 0) is 6.42 Å². The van der Waals surface area contributed by atoms with Crippen LogP contribution in [0, 0.1) is 5.92 Å². The van der Waals surface area contributed by atoms with Gasteiger partial charge in [-0.15, -0.1) is 0 Å². The van der Waals surface area contributed by atoms with Crippen LogP contribution in [0.1, 0.15) is 30.0 Å². The summed E-state index contributed by atoms with van der Waals surface area (Å²) in [6, 6.07) is 9.92. The van der Waals surface area contributed by atoms with Gasteiger partial charge in [-0.2, -0.15) is 0 Å². The second kappa shape index (κ2) is 6.98. The first-order valence-electron chi connectivity index (χ1n) is 8.95. The third-order valence-corrected chi connectivity index (χ3v) is 5.26. The van der Waals surface area contributed by atoms with E-state index in [1.807, 2.05) is 18.2 Å². The van der Waals surface area contributed by atoms with E-state index in [-0.39, 0.29) is 12.6 Å². The third-order valence-electron chi connectivity index (χ3n) is 5.26. The van der Waals surface area contributed by atoms with Crippen molar-refractivity contribution in [3.8, 4) is 0 Å². The number of piperidine rings is 1. The maximum atomic E-state index is 10.4. The van der Waals surface area contributed by atoms with E-state index in [2.05, 4.69) is 32.3 Å². The number of nitrogens with zero attached hydrogens (tertiary/aromatic N) is 3. The molecule has 0 amide bonds. The second-order valence-electron chi connectivity index (χ2n) is 6.99. The number of hydrogen-bond donors (Lipinski definition) is 3. The van der Waals surface area contributed by atoms with Gasteiger partial charge in [-0.1, -0.05) is 24.3 Å². The lowest BCUT2D eigenvalue weighted by molar-refractivity contribution is 0.165. The zero-order valence-electron chi connectivity index (χ0n) is 14.2. The van der Waals surface area contributed by atoms with Gasteiger partial charge in [0.25, 0.3) is 0 Å². The number of nitrogens with one attached hydrogen (secondary N) is 1. The summed E-state index contributed by atoms with van der Waals surface area (Å²) in [5.41, 5.74) is 2.32. The Bertz CT molecular complexity index is 739. The van der Waals surface area contributed by atoms with E-state index in [0.717, 1.165) is 43.1 Å². The third kappa shape index (κ3) is 3.32. The van der Waals surface area contributed by atoms with E-state index < -0.39 is 6.10 Å². The quantitative estimate of drug-likeness (QED) is 0.787. The van der Waals surface area contributed by atoms with E-state index >= 15 is 0 Å². The molecular formula is C19H24N4O2. The number of aromatic nitrogens is 2. The van der Waals surface area contributed by atoms with E-state index in [9.17, 15) is 10.2 Å². The molecule has 3 N–H and O–H groups in total. The van der Waals surface area contributed by atoms with Crippen molar-refractivity contribution in [2.75, 3.05) is 29.9 Å². The summed E-state index contributed by atoms with van der Waals surface area (Å²) in [6.45, 7) is 1.99. The molecule has 25 heavy (non-hydrogen) atoms. The van der Waals surface area contributed by atoms with Crippen molar-refractivity contribution >= 4 is 11.6 Å². The maximum absolute atomic E-state index is 10.4. The molecule has 0 spiro atoms. The molecule has 3 atom stereocenters. The number of aliphatic hydroxyl groups excluding tert-OH is 2. The monoisotopic (exact) mass is 340 g/mol. The first-order chi connectivity index (χ1) is 12.2. The molecule has 2 heterocycles. The Labute approximate surface area is 147 Å². The largest absolute Gasteiger partial charge is 0.396 e. The molecule has 6 nitrogen and oxygen atoms in total. The number of rotatable bonds is 4. The summed E-state index contributed by atoms with van der Waals surface area (Å²) in [4.78, 5) is 10.9. The second-order valence-corrected chi connectivity index (χ2v) is 6.99. The summed E-state index contributed by atoms with van der Waals surface area (Å²) in [6.07, 6.45) is 3.90. The summed E-state index contributed by atoms with van der Waals surface area (Å²) in [5, 5.41) is 23.2. The standard InChI is InChI=1S/C19H24N4O2/c24-11-13-4-3-7-23(10-13)18-9-17(20-12-21-18)22-19-15-6-2-1-5-14(15)8-16(19)25/h1-2,5-6,9,12-13,16,19,24-25H,3-4,7-8,10-11H2,(H,20,21,22)/t13?,16-,19+/m1/s1. The van der Waals surface area contributed by atoms with Gasteiger partial charge in [0.1, 0.15) is 18.0 Å². The Morgan fingerprint density at radius 3 is 3.00 bits per heavy atom. The van der Waals surface area contributed by atoms with Gasteiger partial charge in [0.2, 0.25) is 0 Å². The van der Waals surface area contributed by atoms with Crippen LogP contribution in [0.5, 0.6) is 0 Å². The highest BCUT2D eigenvalue weighted by atomic mass is 16.3. The Morgan fingerprint density at radius 1 is 1.24 bits per heavy atom. The normalized spacial score (nSPS) is 25.7. The Balaban J connectivity index is 1.52. The van der Waals surface area contributed by atoms with Gasteiger partial charge in [0.05, 0.1) is 12.1 Å². The first-order valence-corrected chi connectivity index (χ1v) is 8.95. The lowest BCUT2D eigenvalue weighted by atomic mass is 9.99. The fraction of sp³-hybridized carbons (Fsp3) is 0.474. The zero-order chi connectivity index (χ0) is 17.2. The highest BCUT2D eigenvalue weighted by Gasteiger charge is 2.31. The molecule has 132 valence electrons. The van der Waals surface area contributed by atoms with Gasteiger partial charge in [0, 0.05) is 32.2 Å². The molecule has 1 saturated heterocycles. The topological polar surface area (TPSA) is 81.5 Å². The van der Waals surface area contributed by atoms with E-state index in [0.29, 0.717) is 12.3 Å². The maximum Gasteiger partial charge on any atom is 0.134 e. The zero-order valence-corrected chi connectivity index (χ0v) is 14.2. The minimum atomic E-state index is -0.454. The van der Waals surface area contributed by atoms with Crippen LogP contribution < -0.4 is 10.2 Å². The summed E-state index contributed by atoms with van der Waals surface area (Å²) < 4.78 is 0. The molecule has 1 fully saturated rings. The molecule has 2 aromatic rings. The lowest BCUT2D eigenvalue weighted by Gasteiger charge is -2.32. The predicted molar refractivity (Wildman–Crippen MR) is 96.6 cm³/mol. The molecule has 0 saturated carbocycles. The molecular weight excluding hydrogens is 316 g/mol. The van der Waals surface area contributed by atoms with Gasteiger partial charge in [-0.3, -0.25) is 0 Å². The molecule has 1 aliphatic heterocycles. The average Bonchev–Trinajstić information content (AvgIpc) is 2.97. The summed E-state index contributed by atoms with van der Waals surface area (Å²) in [5.74, 6) is 1.90. The van der Waals surface area contributed by atoms with Crippen LogP contribution in [0.2, 0.25) is 0 Å². The molecule has 0 radical (unpaired) electrons. The number of fused-ring (bicyclic) bond motifs is 1. The molecule has 2 aliphatic rings. The van der Waals surface area contributed by atoms with Gasteiger partial charge in [-0.05, 0) is 29.9 Å². The van der Waals surface area contributed by atoms with Crippen LogP contribution in [0.15, 0.2) is 36.7 Å². The van der Waals surface area contributed by atoms with Crippen molar-refractivity contribution in [3.63, 3.8) is 0 Å². The Hall–Kier alpha value is -2.18. The molecule has 1 unspecified atom stereocenters. The summed E-state index contributed by atoms with van der Waals surface area (Å²) in [7, 11) is 0. The van der Waals surface area contributed by atoms with Crippen molar-refractivity contribution in [1.29, 1.82) is 0 Å². The first kappa shape index (κ1) is 16.3. The molecule has 1 aliphatic carbocycles. The molecule has 4 rings (SSSR count). The molecule has 1 aromatic carbocycles. The van der Waals surface area contributed by atoms with Crippen molar-refractivity contribution in [3.05, 3.63) is 47.8 Å². The van der Waals surface area contributed by atoms with E-state index in [4.69, 9.17) is 0 Å². The Kier molecular flexibility index (Phi) is 4.55. The van der Waals surface area contributed by atoms with Gasteiger partial charge >= 0.3 is 0 Å². The number of aliphatic hydroxyl groups is 2.